The SMILES string of the molecule is COc1cccc(CCNC(=O)CCc2cc3cccc(C)c3[nH]c2=O)c1. The number of nitrogens with one attached hydrogen (secondary N) is 2. The molecule has 0 fully saturated rings. The smallest absolute Gasteiger partial charge is 0.251 e. The molecule has 27 heavy (non-hydrogen) atoms. The van der Waals surface area contributed by atoms with Crippen LogP contribution in [0.2, 0.25) is 0 Å². The summed E-state index contributed by atoms with van der Waals surface area (Å²) in [5.41, 5.74) is 3.51. The van der Waals surface area contributed by atoms with Crippen molar-refractivity contribution in [2.75, 3.05) is 13.7 Å². The number of rotatable bonds is 7. The lowest BCUT2D eigenvalue weighted by molar-refractivity contribution is -0.121. The van der Waals surface area contributed by atoms with Crippen LogP contribution in [0.5, 0.6) is 5.75 Å². The van der Waals surface area contributed by atoms with Gasteiger partial charge in [0, 0.05) is 18.5 Å². The van der Waals surface area contributed by atoms with Gasteiger partial charge in [0.2, 0.25) is 5.91 Å². The highest BCUT2D eigenvalue weighted by atomic mass is 16.5. The summed E-state index contributed by atoms with van der Waals surface area (Å²) in [7, 11) is 1.64. The van der Waals surface area contributed by atoms with E-state index < -0.39 is 0 Å². The van der Waals surface area contributed by atoms with Crippen molar-refractivity contribution >= 4 is 16.8 Å². The molecule has 0 aliphatic rings. The van der Waals surface area contributed by atoms with Crippen LogP contribution in [-0.2, 0) is 17.6 Å². The summed E-state index contributed by atoms with van der Waals surface area (Å²) in [6.07, 6.45) is 1.45. The third kappa shape index (κ3) is 4.76. The fourth-order valence-electron chi connectivity index (χ4n) is 3.13. The molecule has 0 radical (unpaired) electrons. The van der Waals surface area contributed by atoms with Crippen molar-refractivity contribution in [2.45, 2.75) is 26.2 Å². The average Bonchev–Trinajstić information content (AvgIpc) is 2.67. The molecule has 0 aliphatic carbocycles. The van der Waals surface area contributed by atoms with Crippen molar-refractivity contribution in [3.63, 3.8) is 0 Å². The van der Waals surface area contributed by atoms with Gasteiger partial charge in [-0.05, 0) is 54.5 Å². The molecule has 140 valence electrons. The second-order valence-electron chi connectivity index (χ2n) is 6.61. The van der Waals surface area contributed by atoms with E-state index in [0.29, 0.717) is 24.9 Å². The van der Waals surface area contributed by atoms with Gasteiger partial charge in [-0.15, -0.1) is 0 Å². The van der Waals surface area contributed by atoms with E-state index in [0.717, 1.165) is 34.2 Å². The largest absolute Gasteiger partial charge is 0.497 e. The topological polar surface area (TPSA) is 71.2 Å². The number of aromatic nitrogens is 1. The van der Waals surface area contributed by atoms with E-state index in [1.807, 2.05) is 55.5 Å². The maximum atomic E-state index is 12.3. The number of aromatic amines is 1. The molecule has 0 saturated carbocycles. The lowest BCUT2D eigenvalue weighted by atomic mass is 10.1. The number of pyridine rings is 1. The summed E-state index contributed by atoms with van der Waals surface area (Å²) < 4.78 is 5.20. The van der Waals surface area contributed by atoms with Crippen LogP contribution in [0.4, 0.5) is 0 Å². The Bertz CT molecular complexity index is 1010. The standard InChI is InChI=1S/C22H24N2O3/c1-15-5-3-7-17-14-18(22(26)24-21(15)17)9-10-20(25)23-12-11-16-6-4-8-19(13-16)27-2/h3-8,13-14H,9-12H2,1-2H3,(H,23,25)(H,24,26). The Labute approximate surface area is 158 Å². The quantitative estimate of drug-likeness (QED) is 0.677. The number of para-hydroxylation sites is 1. The van der Waals surface area contributed by atoms with Crippen molar-refractivity contribution in [1.29, 1.82) is 0 Å². The van der Waals surface area contributed by atoms with Gasteiger partial charge in [0.25, 0.3) is 5.56 Å². The second kappa shape index (κ2) is 8.54. The number of methoxy groups -OCH3 is 1. The van der Waals surface area contributed by atoms with Gasteiger partial charge < -0.3 is 15.0 Å². The van der Waals surface area contributed by atoms with E-state index in [2.05, 4.69) is 10.3 Å². The number of benzene rings is 2. The number of amides is 1. The number of aryl methyl sites for hydroxylation is 2. The molecule has 2 aromatic carbocycles. The van der Waals surface area contributed by atoms with E-state index >= 15 is 0 Å². The number of fused-ring (bicyclic) bond motifs is 1. The van der Waals surface area contributed by atoms with Gasteiger partial charge in [-0.2, -0.15) is 0 Å². The molecule has 0 saturated heterocycles. The van der Waals surface area contributed by atoms with Crippen LogP contribution in [0.15, 0.2) is 53.3 Å². The lowest BCUT2D eigenvalue weighted by Gasteiger charge is -2.08. The van der Waals surface area contributed by atoms with Gasteiger partial charge >= 0.3 is 0 Å². The Hall–Kier alpha value is -3.08. The van der Waals surface area contributed by atoms with Gasteiger partial charge in [0.15, 0.2) is 0 Å². The number of carbonyl (C=O) groups excluding carboxylic acids is 1. The van der Waals surface area contributed by atoms with Crippen LogP contribution >= 0.6 is 0 Å². The van der Waals surface area contributed by atoms with Crippen molar-refractivity contribution in [3.05, 3.63) is 75.6 Å². The van der Waals surface area contributed by atoms with Gasteiger partial charge in [-0.1, -0.05) is 30.3 Å². The molecule has 3 aromatic rings. The number of carbonyl (C=O) groups is 1. The zero-order chi connectivity index (χ0) is 19.2. The third-order valence-electron chi connectivity index (χ3n) is 4.66. The van der Waals surface area contributed by atoms with Crippen LogP contribution in [0.1, 0.15) is 23.1 Å². The molecule has 0 aliphatic heterocycles. The van der Waals surface area contributed by atoms with Crippen molar-refractivity contribution in [2.24, 2.45) is 0 Å². The highest BCUT2D eigenvalue weighted by Crippen LogP contribution is 2.15. The fraction of sp³-hybridized carbons (Fsp3) is 0.273. The Balaban J connectivity index is 1.54. The van der Waals surface area contributed by atoms with Crippen molar-refractivity contribution in [1.82, 2.24) is 10.3 Å². The molecule has 2 N–H and O–H groups in total. The number of H-pyrrole nitrogens is 1. The minimum Gasteiger partial charge on any atom is -0.497 e. The maximum absolute atomic E-state index is 12.3. The van der Waals surface area contributed by atoms with E-state index in [-0.39, 0.29) is 11.5 Å². The number of hydrogen-bond acceptors (Lipinski definition) is 3. The van der Waals surface area contributed by atoms with Crippen LogP contribution < -0.4 is 15.6 Å². The zero-order valence-corrected chi connectivity index (χ0v) is 15.7. The molecule has 3 rings (SSSR count). The molecule has 0 spiro atoms. The highest BCUT2D eigenvalue weighted by molar-refractivity contribution is 5.82. The number of hydrogen-bond donors (Lipinski definition) is 2. The molecule has 5 heteroatoms. The van der Waals surface area contributed by atoms with Crippen LogP contribution in [0.25, 0.3) is 10.9 Å². The van der Waals surface area contributed by atoms with E-state index in [1.54, 1.807) is 7.11 Å². The molecule has 5 nitrogen and oxygen atoms in total. The molecule has 0 unspecified atom stereocenters. The summed E-state index contributed by atoms with van der Waals surface area (Å²) in [5, 5.41) is 3.90. The van der Waals surface area contributed by atoms with Gasteiger partial charge in [-0.3, -0.25) is 9.59 Å². The van der Waals surface area contributed by atoms with E-state index in [9.17, 15) is 9.59 Å². The molecular formula is C22H24N2O3. The minimum absolute atomic E-state index is 0.0540. The van der Waals surface area contributed by atoms with E-state index in [1.165, 1.54) is 0 Å². The van der Waals surface area contributed by atoms with Crippen LogP contribution in [0.3, 0.4) is 0 Å². The Kier molecular flexibility index (Phi) is 5.91. The Morgan fingerprint density at radius 2 is 1.93 bits per heavy atom. The predicted molar refractivity (Wildman–Crippen MR) is 107 cm³/mol. The summed E-state index contributed by atoms with van der Waals surface area (Å²) >= 11 is 0. The molecule has 1 amide bonds. The first kappa shape index (κ1) is 18.7. The maximum Gasteiger partial charge on any atom is 0.251 e. The molecule has 0 bridgehead atoms. The van der Waals surface area contributed by atoms with Crippen molar-refractivity contribution < 1.29 is 9.53 Å². The summed E-state index contributed by atoms with van der Waals surface area (Å²) in [4.78, 5) is 27.3. The van der Waals surface area contributed by atoms with Gasteiger partial charge in [0.05, 0.1) is 12.6 Å². The third-order valence-corrected chi connectivity index (χ3v) is 4.66. The summed E-state index contributed by atoms with van der Waals surface area (Å²) in [6.45, 7) is 2.52. The fourth-order valence-corrected chi connectivity index (χ4v) is 3.13. The normalized spacial score (nSPS) is 10.7. The molecule has 1 aromatic heterocycles. The first-order chi connectivity index (χ1) is 13.1. The van der Waals surface area contributed by atoms with Gasteiger partial charge in [0.1, 0.15) is 5.75 Å². The molecule has 0 atom stereocenters. The van der Waals surface area contributed by atoms with E-state index in [4.69, 9.17) is 4.74 Å². The van der Waals surface area contributed by atoms with Crippen LogP contribution in [-0.4, -0.2) is 24.5 Å². The lowest BCUT2D eigenvalue weighted by Crippen LogP contribution is -2.26. The summed E-state index contributed by atoms with van der Waals surface area (Å²) in [6, 6.07) is 15.6. The van der Waals surface area contributed by atoms with Gasteiger partial charge in [-0.25, -0.2) is 0 Å². The number of ether oxygens (including phenoxy) is 1. The Morgan fingerprint density at radius 1 is 1.11 bits per heavy atom. The predicted octanol–water partition coefficient (Wildman–Crippen LogP) is 3.14. The Morgan fingerprint density at radius 3 is 2.74 bits per heavy atom. The molecule has 1 heterocycles. The zero-order valence-electron chi connectivity index (χ0n) is 15.7. The summed E-state index contributed by atoms with van der Waals surface area (Å²) in [5.74, 6) is 0.756. The monoisotopic (exact) mass is 364 g/mol. The second-order valence-corrected chi connectivity index (χ2v) is 6.61. The first-order valence-electron chi connectivity index (χ1n) is 9.08. The molecular weight excluding hydrogens is 340 g/mol. The highest BCUT2D eigenvalue weighted by Gasteiger charge is 2.08. The van der Waals surface area contributed by atoms with Crippen molar-refractivity contribution in [3.8, 4) is 5.75 Å². The first-order valence-corrected chi connectivity index (χ1v) is 9.08. The minimum atomic E-state index is -0.124. The average molecular weight is 364 g/mol. The van der Waals surface area contributed by atoms with Crippen LogP contribution in [0, 0.1) is 6.92 Å².